The fraction of sp³-hybridized carbons (Fsp3) is 0.105. The largest absolute Gasteiger partial charge is 0.497 e. The number of nitrogens with zero attached hydrogens (tertiary/aromatic N) is 1. The van der Waals surface area contributed by atoms with E-state index in [1.54, 1.807) is 54.6 Å². The SMILES string of the molecule is COC(=O)/C(C#N)=C/c1cccc(OC(=O)c2cccc(OC)c2)c1. The number of rotatable bonds is 5. The third-order valence-electron chi connectivity index (χ3n) is 3.21. The molecule has 2 aromatic carbocycles. The summed E-state index contributed by atoms with van der Waals surface area (Å²) in [5.74, 6) is -0.457. The Bertz CT molecular complexity index is 864. The first-order valence-corrected chi connectivity index (χ1v) is 7.23. The first-order chi connectivity index (χ1) is 12.1. The van der Waals surface area contributed by atoms with Crippen molar-refractivity contribution in [3.05, 3.63) is 65.2 Å². The van der Waals surface area contributed by atoms with Gasteiger partial charge in [-0.15, -0.1) is 0 Å². The van der Waals surface area contributed by atoms with Crippen LogP contribution in [0.15, 0.2) is 54.1 Å². The Labute approximate surface area is 144 Å². The van der Waals surface area contributed by atoms with E-state index in [1.165, 1.54) is 20.3 Å². The Hall–Kier alpha value is -3.59. The van der Waals surface area contributed by atoms with Crippen molar-refractivity contribution in [3.8, 4) is 17.6 Å². The summed E-state index contributed by atoms with van der Waals surface area (Å²) >= 11 is 0. The number of esters is 2. The lowest BCUT2D eigenvalue weighted by molar-refractivity contribution is -0.135. The van der Waals surface area contributed by atoms with Crippen LogP contribution in [0.4, 0.5) is 0 Å². The zero-order valence-electron chi connectivity index (χ0n) is 13.7. The maximum atomic E-state index is 12.2. The molecule has 126 valence electrons. The minimum atomic E-state index is -0.735. The minimum absolute atomic E-state index is 0.154. The van der Waals surface area contributed by atoms with Crippen LogP contribution >= 0.6 is 0 Å². The maximum absolute atomic E-state index is 12.2. The highest BCUT2D eigenvalue weighted by molar-refractivity contribution is 5.98. The van der Waals surface area contributed by atoms with Gasteiger partial charge >= 0.3 is 11.9 Å². The predicted octanol–water partition coefficient (Wildman–Crippen LogP) is 2.99. The Kier molecular flexibility index (Phi) is 5.91. The van der Waals surface area contributed by atoms with Gasteiger partial charge in [0.1, 0.15) is 23.1 Å². The monoisotopic (exact) mass is 337 g/mol. The molecule has 0 spiro atoms. The fourth-order valence-electron chi connectivity index (χ4n) is 2.00. The van der Waals surface area contributed by atoms with Crippen LogP contribution in [0.5, 0.6) is 11.5 Å². The van der Waals surface area contributed by atoms with Gasteiger partial charge in [-0.1, -0.05) is 18.2 Å². The highest BCUT2D eigenvalue weighted by Crippen LogP contribution is 2.19. The van der Waals surface area contributed by atoms with E-state index in [9.17, 15) is 9.59 Å². The van der Waals surface area contributed by atoms with Gasteiger partial charge in [-0.2, -0.15) is 5.26 Å². The third-order valence-corrected chi connectivity index (χ3v) is 3.21. The maximum Gasteiger partial charge on any atom is 0.348 e. The van der Waals surface area contributed by atoms with Crippen molar-refractivity contribution in [1.29, 1.82) is 5.26 Å². The van der Waals surface area contributed by atoms with Crippen LogP contribution in [0.3, 0.4) is 0 Å². The standard InChI is InChI=1S/C19H15NO5/c1-23-16-7-4-6-14(11-16)19(22)25-17-8-3-5-13(10-17)9-15(12-20)18(21)24-2/h3-11H,1-2H3/b15-9+. The highest BCUT2D eigenvalue weighted by Gasteiger charge is 2.11. The van der Waals surface area contributed by atoms with Crippen molar-refractivity contribution in [2.45, 2.75) is 0 Å². The summed E-state index contributed by atoms with van der Waals surface area (Å²) in [5.41, 5.74) is 0.712. The molecule has 0 aromatic heterocycles. The number of carbonyl (C=O) groups is 2. The fourth-order valence-corrected chi connectivity index (χ4v) is 2.00. The molecule has 0 amide bonds. The highest BCUT2D eigenvalue weighted by atomic mass is 16.5. The lowest BCUT2D eigenvalue weighted by Crippen LogP contribution is -2.08. The summed E-state index contributed by atoms with van der Waals surface area (Å²) in [6.07, 6.45) is 1.36. The summed E-state index contributed by atoms with van der Waals surface area (Å²) in [6.45, 7) is 0. The molecule has 6 heteroatoms. The zero-order valence-corrected chi connectivity index (χ0v) is 13.7. The number of methoxy groups -OCH3 is 2. The molecule has 0 heterocycles. The molecule has 0 fully saturated rings. The molecule has 0 N–H and O–H groups in total. The van der Waals surface area contributed by atoms with E-state index in [4.69, 9.17) is 14.7 Å². The normalized spacial score (nSPS) is 10.5. The van der Waals surface area contributed by atoms with Gasteiger partial charge in [0.25, 0.3) is 0 Å². The predicted molar refractivity (Wildman–Crippen MR) is 90.0 cm³/mol. The van der Waals surface area contributed by atoms with Crippen molar-refractivity contribution in [2.75, 3.05) is 14.2 Å². The van der Waals surface area contributed by atoms with Gasteiger partial charge in [0, 0.05) is 0 Å². The molecule has 0 aliphatic carbocycles. The quantitative estimate of drug-likeness (QED) is 0.361. The number of hydrogen-bond donors (Lipinski definition) is 0. The number of carbonyl (C=O) groups excluding carboxylic acids is 2. The van der Waals surface area contributed by atoms with E-state index in [0.717, 1.165) is 0 Å². The van der Waals surface area contributed by atoms with Gasteiger partial charge in [-0.25, -0.2) is 9.59 Å². The second kappa shape index (κ2) is 8.31. The second-order valence-electron chi connectivity index (χ2n) is 4.86. The van der Waals surface area contributed by atoms with E-state index < -0.39 is 11.9 Å². The van der Waals surface area contributed by atoms with Gasteiger partial charge in [0.15, 0.2) is 0 Å². The zero-order chi connectivity index (χ0) is 18.2. The second-order valence-corrected chi connectivity index (χ2v) is 4.86. The first-order valence-electron chi connectivity index (χ1n) is 7.23. The lowest BCUT2D eigenvalue weighted by Gasteiger charge is -2.06. The van der Waals surface area contributed by atoms with Crippen LogP contribution in [-0.2, 0) is 9.53 Å². The summed E-state index contributed by atoms with van der Waals surface area (Å²) < 4.78 is 14.9. The smallest absolute Gasteiger partial charge is 0.348 e. The molecular formula is C19H15NO5. The average Bonchev–Trinajstić information content (AvgIpc) is 2.65. The van der Waals surface area contributed by atoms with Crippen molar-refractivity contribution < 1.29 is 23.8 Å². The molecule has 0 unspecified atom stereocenters. The van der Waals surface area contributed by atoms with E-state index in [0.29, 0.717) is 16.9 Å². The minimum Gasteiger partial charge on any atom is -0.497 e. The van der Waals surface area contributed by atoms with Crippen LogP contribution in [0.2, 0.25) is 0 Å². The van der Waals surface area contributed by atoms with Gasteiger partial charge in [-0.05, 0) is 42.0 Å². The Morgan fingerprint density at radius 1 is 1.04 bits per heavy atom. The average molecular weight is 337 g/mol. The summed E-state index contributed by atoms with van der Waals surface area (Å²) in [7, 11) is 2.70. The van der Waals surface area contributed by atoms with E-state index in [1.807, 2.05) is 0 Å². The molecule has 0 atom stereocenters. The molecule has 2 aromatic rings. The molecule has 0 saturated heterocycles. The van der Waals surface area contributed by atoms with Crippen LogP contribution < -0.4 is 9.47 Å². The van der Waals surface area contributed by atoms with Gasteiger partial charge in [0.2, 0.25) is 0 Å². The topological polar surface area (TPSA) is 85.6 Å². The van der Waals surface area contributed by atoms with Gasteiger partial charge in [-0.3, -0.25) is 0 Å². The lowest BCUT2D eigenvalue weighted by atomic mass is 10.1. The number of ether oxygens (including phenoxy) is 3. The summed E-state index contributed by atoms with van der Waals surface area (Å²) in [6, 6.07) is 14.8. The molecule has 0 aliphatic rings. The molecule has 0 saturated carbocycles. The molecule has 0 bridgehead atoms. The van der Waals surface area contributed by atoms with Crippen LogP contribution in [0.25, 0.3) is 6.08 Å². The number of hydrogen-bond acceptors (Lipinski definition) is 6. The molecule has 2 rings (SSSR count). The molecular weight excluding hydrogens is 322 g/mol. The Morgan fingerprint density at radius 2 is 1.76 bits per heavy atom. The molecule has 0 radical (unpaired) electrons. The Morgan fingerprint density at radius 3 is 2.44 bits per heavy atom. The van der Waals surface area contributed by atoms with Gasteiger partial charge < -0.3 is 14.2 Å². The molecule has 0 aliphatic heterocycles. The third kappa shape index (κ3) is 4.69. The van der Waals surface area contributed by atoms with Crippen LogP contribution in [0, 0.1) is 11.3 Å². The van der Waals surface area contributed by atoms with Crippen molar-refractivity contribution in [3.63, 3.8) is 0 Å². The summed E-state index contributed by atoms with van der Waals surface area (Å²) in [5, 5.41) is 8.99. The van der Waals surface area contributed by atoms with E-state index in [2.05, 4.69) is 4.74 Å². The van der Waals surface area contributed by atoms with Crippen molar-refractivity contribution in [2.24, 2.45) is 0 Å². The number of benzene rings is 2. The Balaban J connectivity index is 2.21. The van der Waals surface area contributed by atoms with Crippen LogP contribution in [0.1, 0.15) is 15.9 Å². The van der Waals surface area contributed by atoms with Gasteiger partial charge in [0.05, 0.1) is 19.8 Å². The summed E-state index contributed by atoms with van der Waals surface area (Å²) in [4.78, 5) is 23.7. The van der Waals surface area contributed by atoms with Crippen LogP contribution in [-0.4, -0.2) is 26.2 Å². The van der Waals surface area contributed by atoms with Crippen molar-refractivity contribution >= 4 is 18.0 Å². The van der Waals surface area contributed by atoms with E-state index >= 15 is 0 Å². The molecule has 6 nitrogen and oxygen atoms in total. The number of nitriles is 1. The molecule has 25 heavy (non-hydrogen) atoms. The van der Waals surface area contributed by atoms with Crippen molar-refractivity contribution in [1.82, 2.24) is 0 Å². The first kappa shape index (κ1) is 17.8. The van der Waals surface area contributed by atoms with E-state index in [-0.39, 0.29) is 11.3 Å².